The molecule has 5 nitrogen and oxygen atoms in total. The SMILES string of the molecule is CCCc1nn(C)cc1-c1nc2ccccc2nc1N. The third-order valence-corrected chi connectivity index (χ3v) is 3.24. The van der Waals surface area contributed by atoms with Gasteiger partial charge in [-0.05, 0) is 18.6 Å². The third-order valence-electron chi connectivity index (χ3n) is 3.24. The fraction of sp³-hybridized carbons (Fsp3) is 0.267. The first-order valence-corrected chi connectivity index (χ1v) is 6.74. The van der Waals surface area contributed by atoms with Crippen LogP contribution in [0.3, 0.4) is 0 Å². The number of nitrogens with zero attached hydrogens (tertiary/aromatic N) is 4. The highest BCUT2D eigenvalue weighted by molar-refractivity contribution is 5.82. The number of nitrogen functional groups attached to an aromatic ring is 1. The Morgan fingerprint density at radius 2 is 1.85 bits per heavy atom. The maximum atomic E-state index is 6.08. The van der Waals surface area contributed by atoms with Crippen LogP contribution in [0.2, 0.25) is 0 Å². The van der Waals surface area contributed by atoms with Gasteiger partial charge < -0.3 is 5.73 Å². The molecule has 3 rings (SSSR count). The first-order valence-electron chi connectivity index (χ1n) is 6.74. The molecule has 0 aliphatic heterocycles. The second-order valence-electron chi connectivity index (χ2n) is 4.86. The molecule has 2 aromatic heterocycles. The van der Waals surface area contributed by atoms with Crippen molar-refractivity contribution in [2.75, 3.05) is 5.73 Å². The molecule has 102 valence electrons. The number of rotatable bonds is 3. The van der Waals surface area contributed by atoms with Gasteiger partial charge in [0.15, 0.2) is 5.82 Å². The maximum Gasteiger partial charge on any atom is 0.150 e. The van der Waals surface area contributed by atoms with E-state index < -0.39 is 0 Å². The molecule has 2 heterocycles. The molecule has 0 bridgehead atoms. The van der Waals surface area contributed by atoms with E-state index in [1.807, 2.05) is 37.5 Å². The molecule has 3 aromatic rings. The van der Waals surface area contributed by atoms with Gasteiger partial charge >= 0.3 is 0 Å². The number of anilines is 1. The summed E-state index contributed by atoms with van der Waals surface area (Å²) >= 11 is 0. The van der Waals surface area contributed by atoms with Gasteiger partial charge in [-0.3, -0.25) is 4.68 Å². The summed E-state index contributed by atoms with van der Waals surface area (Å²) in [4.78, 5) is 9.10. The van der Waals surface area contributed by atoms with Gasteiger partial charge in [-0.2, -0.15) is 5.10 Å². The fourth-order valence-electron chi connectivity index (χ4n) is 2.37. The Hall–Kier alpha value is -2.43. The lowest BCUT2D eigenvalue weighted by Crippen LogP contribution is -1.99. The normalized spacial score (nSPS) is 11.1. The largest absolute Gasteiger partial charge is 0.382 e. The summed E-state index contributed by atoms with van der Waals surface area (Å²) in [5.41, 5.74) is 10.5. The zero-order chi connectivity index (χ0) is 14.1. The van der Waals surface area contributed by atoms with Crippen LogP contribution in [0.1, 0.15) is 19.0 Å². The number of aryl methyl sites for hydroxylation is 2. The second kappa shape index (κ2) is 4.92. The van der Waals surface area contributed by atoms with E-state index in [1.165, 1.54) is 0 Å². The zero-order valence-electron chi connectivity index (χ0n) is 11.7. The summed E-state index contributed by atoms with van der Waals surface area (Å²) < 4.78 is 1.80. The molecule has 0 fully saturated rings. The van der Waals surface area contributed by atoms with Crippen LogP contribution in [0.4, 0.5) is 5.82 Å². The molecule has 0 aliphatic rings. The van der Waals surface area contributed by atoms with Gasteiger partial charge in [0.25, 0.3) is 0 Å². The Balaban J connectivity index is 2.21. The number of para-hydroxylation sites is 2. The molecule has 0 saturated heterocycles. The molecule has 0 spiro atoms. The van der Waals surface area contributed by atoms with Crippen LogP contribution < -0.4 is 5.73 Å². The summed E-state index contributed by atoms with van der Waals surface area (Å²) in [7, 11) is 1.91. The zero-order valence-corrected chi connectivity index (χ0v) is 11.7. The van der Waals surface area contributed by atoms with E-state index in [4.69, 9.17) is 5.73 Å². The van der Waals surface area contributed by atoms with Gasteiger partial charge in [0.2, 0.25) is 0 Å². The van der Waals surface area contributed by atoms with Crippen LogP contribution in [-0.2, 0) is 13.5 Å². The molecule has 0 amide bonds. The Bertz CT molecular complexity index is 760. The van der Waals surface area contributed by atoms with Crippen molar-refractivity contribution < 1.29 is 0 Å². The number of fused-ring (bicyclic) bond motifs is 1. The van der Waals surface area contributed by atoms with Gasteiger partial charge in [0.1, 0.15) is 5.69 Å². The van der Waals surface area contributed by atoms with Crippen LogP contribution in [0.5, 0.6) is 0 Å². The predicted molar refractivity (Wildman–Crippen MR) is 80.1 cm³/mol. The number of nitrogens with two attached hydrogens (primary N) is 1. The highest BCUT2D eigenvalue weighted by Crippen LogP contribution is 2.27. The van der Waals surface area contributed by atoms with Gasteiger partial charge in [-0.1, -0.05) is 25.5 Å². The van der Waals surface area contributed by atoms with E-state index in [0.717, 1.165) is 40.8 Å². The minimum atomic E-state index is 0.453. The van der Waals surface area contributed by atoms with Crippen molar-refractivity contribution in [1.82, 2.24) is 19.7 Å². The van der Waals surface area contributed by atoms with Crippen molar-refractivity contribution in [3.8, 4) is 11.3 Å². The topological polar surface area (TPSA) is 69.6 Å². The minimum Gasteiger partial charge on any atom is -0.382 e. The molecule has 0 saturated carbocycles. The van der Waals surface area contributed by atoms with E-state index in [0.29, 0.717) is 5.82 Å². The lowest BCUT2D eigenvalue weighted by atomic mass is 10.1. The summed E-state index contributed by atoms with van der Waals surface area (Å²) in [5, 5.41) is 4.49. The predicted octanol–water partition coefficient (Wildman–Crippen LogP) is 2.57. The fourth-order valence-corrected chi connectivity index (χ4v) is 2.37. The Kier molecular flexibility index (Phi) is 3.10. The van der Waals surface area contributed by atoms with Crippen molar-refractivity contribution in [2.24, 2.45) is 7.05 Å². The van der Waals surface area contributed by atoms with Crippen molar-refractivity contribution in [2.45, 2.75) is 19.8 Å². The Morgan fingerprint density at radius 1 is 1.15 bits per heavy atom. The first kappa shape index (κ1) is 12.6. The summed E-state index contributed by atoms with van der Waals surface area (Å²) in [6.45, 7) is 2.13. The van der Waals surface area contributed by atoms with Crippen molar-refractivity contribution in [1.29, 1.82) is 0 Å². The molecule has 0 atom stereocenters. The van der Waals surface area contributed by atoms with Crippen LogP contribution in [0, 0.1) is 0 Å². The Morgan fingerprint density at radius 3 is 2.55 bits per heavy atom. The smallest absolute Gasteiger partial charge is 0.150 e. The lowest BCUT2D eigenvalue weighted by Gasteiger charge is -2.06. The van der Waals surface area contributed by atoms with Crippen molar-refractivity contribution in [3.63, 3.8) is 0 Å². The minimum absolute atomic E-state index is 0.453. The summed E-state index contributed by atoms with van der Waals surface area (Å²) in [6.07, 6.45) is 3.90. The Labute approximate surface area is 117 Å². The van der Waals surface area contributed by atoms with E-state index >= 15 is 0 Å². The third kappa shape index (κ3) is 2.11. The van der Waals surface area contributed by atoms with Gasteiger partial charge in [0, 0.05) is 18.8 Å². The van der Waals surface area contributed by atoms with Crippen LogP contribution in [0.15, 0.2) is 30.5 Å². The molecule has 0 radical (unpaired) electrons. The molecule has 0 aliphatic carbocycles. The number of hydrogen-bond acceptors (Lipinski definition) is 4. The first-order chi connectivity index (χ1) is 9.69. The van der Waals surface area contributed by atoms with E-state index in [9.17, 15) is 0 Å². The van der Waals surface area contributed by atoms with E-state index in [2.05, 4.69) is 22.0 Å². The molecule has 0 unspecified atom stereocenters. The molecular formula is C15H17N5. The molecule has 20 heavy (non-hydrogen) atoms. The van der Waals surface area contributed by atoms with Crippen LogP contribution in [0.25, 0.3) is 22.3 Å². The van der Waals surface area contributed by atoms with Gasteiger partial charge in [-0.25, -0.2) is 9.97 Å². The quantitative estimate of drug-likeness (QED) is 0.791. The highest BCUT2D eigenvalue weighted by atomic mass is 15.3. The summed E-state index contributed by atoms with van der Waals surface area (Å²) in [5.74, 6) is 0.453. The summed E-state index contributed by atoms with van der Waals surface area (Å²) in [6, 6.07) is 7.75. The van der Waals surface area contributed by atoms with Crippen LogP contribution >= 0.6 is 0 Å². The molecule has 5 heteroatoms. The van der Waals surface area contributed by atoms with Crippen molar-refractivity contribution in [3.05, 3.63) is 36.2 Å². The van der Waals surface area contributed by atoms with Crippen molar-refractivity contribution >= 4 is 16.9 Å². The average Bonchev–Trinajstić information content (AvgIpc) is 2.79. The number of hydrogen-bond donors (Lipinski definition) is 1. The number of benzene rings is 1. The molecule has 2 N–H and O–H groups in total. The van der Waals surface area contributed by atoms with E-state index in [-0.39, 0.29) is 0 Å². The number of aromatic nitrogens is 4. The van der Waals surface area contributed by atoms with Gasteiger partial charge in [0.05, 0.1) is 16.7 Å². The maximum absolute atomic E-state index is 6.08. The lowest BCUT2D eigenvalue weighted by molar-refractivity contribution is 0.733. The van der Waals surface area contributed by atoms with Gasteiger partial charge in [-0.15, -0.1) is 0 Å². The average molecular weight is 267 g/mol. The molecule has 1 aromatic carbocycles. The van der Waals surface area contributed by atoms with Crippen LogP contribution in [-0.4, -0.2) is 19.7 Å². The molecular weight excluding hydrogens is 250 g/mol. The monoisotopic (exact) mass is 267 g/mol. The van der Waals surface area contributed by atoms with E-state index in [1.54, 1.807) is 4.68 Å². The standard InChI is InChI=1S/C15H17N5/c1-3-6-11-10(9-20(2)19-11)14-15(16)18-13-8-5-4-7-12(13)17-14/h4-5,7-9H,3,6H2,1-2H3,(H2,16,18). The second-order valence-corrected chi connectivity index (χ2v) is 4.86. The highest BCUT2D eigenvalue weighted by Gasteiger charge is 2.15.